The number of benzene rings is 8. The maximum absolute atomic E-state index is 2.46. The zero-order valence-corrected chi connectivity index (χ0v) is 31.2. The lowest BCUT2D eigenvalue weighted by Gasteiger charge is -2.19. The van der Waals surface area contributed by atoms with Gasteiger partial charge in [-0.15, -0.1) is 0 Å². The topological polar surface area (TPSA) is 14.8 Å². The minimum absolute atomic E-state index is 0.136. The first-order valence-electron chi connectivity index (χ1n) is 19.2. The third-order valence-corrected chi connectivity index (χ3v) is 11.6. The Morgan fingerprint density at radius 1 is 0.309 bits per heavy atom. The average Bonchev–Trinajstić information content (AvgIpc) is 3.86. The van der Waals surface area contributed by atoms with Crippen LogP contribution in [-0.4, -0.2) is 13.7 Å². The highest BCUT2D eigenvalue weighted by molar-refractivity contribution is 6.29. The number of nitrogens with zero attached hydrogens (tertiary/aromatic N) is 3. The standard InChI is InChI=1S/C52H39N3/c1-52(2,3)36-25-21-34(22-26-36)35-23-27-38(28-24-35)53-44-18-10-7-15-40(44)43-33-39(29-30-47(43)53)55-46-20-12-9-17-42(46)51-49(55)32-31-48-50(51)41-16-8-11-19-45(41)54(48)37-13-5-4-6-14-37/h4-33H,1-3H3. The number of aromatic nitrogens is 3. The Hall–Kier alpha value is -6.84. The monoisotopic (exact) mass is 705 g/mol. The van der Waals surface area contributed by atoms with Gasteiger partial charge in [0, 0.05) is 49.4 Å². The van der Waals surface area contributed by atoms with Crippen LogP contribution in [0.25, 0.3) is 93.6 Å². The fourth-order valence-electron chi connectivity index (χ4n) is 9.00. The molecule has 0 bridgehead atoms. The zero-order valence-electron chi connectivity index (χ0n) is 31.2. The highest BCUT2D eigenvalue weighted by atomic mass is 15.0. The number of hydrogen-bond acceptors (Lipinski definition) is 0. The highest BCUT2D eigenvalue weighted by Crippen LogP contribution is 2.43. The van der Waals surface area contributed by atoms with Crippen molar-refractivity contribution in [2.24, 2.45) is 0 Å². The van der Waals surface area contributed by atoms with Crippen molar-refractivity contribution < 1.29 is 0 Å². The zero-order chi connectivity index (χ0) is 36.8. The van der Waals surface area contributed by atoms with Crippen LogP contribution in [-0.2, 0) is 5.41 Å². The molecule has 0 amide bonds. The molecule has 8 aromatic carbocycles. The molecule has 3 heterocycles. The van der Waals surface area contributed by atoms with E-state index < -0.39 is 0 Å². The summed E-state index contributed by atoms with van der Waals surface area (Å²) in [6.45, 7) is 6.79. The van der Waals surface area contributed by atoms with Crippen molar-refractivity contribution in [1.82, 2.24) is 13.7 Å². The van der Waals surface area contributed by atoms with Crippen LogP contribution in [0.5, 0.6) is 0 Å². The largest absolute Gasteiger partial charge is 0.309 e. The second-order valence-corrected chi connectivity index (χ2v) is 15.8. The Kier molecular flexibility index (Phi) is 6.81. The Bertz CT molecular complexity index is 3260. The van der Waals surface area contributed by atoms with Gasteiger partial charge >= 0.3 is 0 Å². The second kappa shape index (κ2) is 11.8. The van der Waals surface area contributed by atoms with Crippen LogP contribution >= 0.6 is 0 Å². The van der Waals surface area contributed by atoms with Crippen LogP contribution in [0.4, 0.5) is 0 Å². The molecular formula is C52H39N3. The third kappa shape index (κ3) is 4.76. The van der Waals surface area contributed by atoms with E-state index in [0.29, 0.717) is 0 Å². The molecule has 3 heteroatoms. The molecule has 0 fully saturated rings. The summed E-state index contributed by atoms with van der Waals surface area (Å²) in [5.41, 5.74) is 14.7. The first-order valence-corrected chi connectivity index (χ1v) is 19.2. The van der Waals surface area contributed by atoms with E-state index in [2.05, 4.69) is 216 Å². The van der Waals surface area contributed by atoms with Crippen molar-refractivity contribution >= 4 is 65.4 Å². The molecular weight excluding hydrogens is 667 g/mol. The molecule has 3 aromatic heterocycles. The molecule has 55 heavy (non-hydrogen) atoms. The lowest BCUT2D eigenvalue weighted by Crippen LogP contribution is -2.10. The molecule has 3 nitrogen and oxygen atoms in total. The van der Waals surface area contributed by atoms with E-state index in [1.165, 1.54) is 87.8 Å². The van der Waals surface area contributed by atoms with Gasteiger partial charge in [0.05, 0.1) is 33.1 Å². The fraction of sp³-hybridized carbons (Fsp3) is 0.0769. The Balaban J connectivity index is 1.10. The summed E-state index contributed by atoms with van der Waals surface area (Å²) in [6, 6.07) is 66.9. The summed E-state index contributed by atoms with van der Waals surface area (Å²) in [6.07, 6.45) is 0. The normalized spacial score (nSPS) is 12.3. The molecule has 0 aliphatic rings. The van der Waals surface area contributed by atoms with Gasteiger partial charge in [0.2, 0.25) is 0 Å². The molecule has 0 atom stereocenters. The minimum Gasteiger partial charge on any atom is -0.309 e. The summed E-state index contributed by atoms with van der Waals surface area (Å²) >= 11 is 0. The van der Waals surface area contributed by atoms with E-state index in [0.717, 1.165) is 11.4 Å². The Morgan fingerprint density at radius 3 is 1.29 bits per heavy atom. The van der Waals surface area contributed by atoms with Crippen LogP contribution in [0.15, 0.2) is 182 Å². The van der Waals surface area contributed by atoms with Gasteiger partial charge in [-0.25, -0.2) is 0 Å². The number of hydrogen-bond donors (Lipinski definition) is 0. The first-order chi connectivity index (χ1) is 26.9. The summed E-state index contributed by atoms with van der Waals surface area (Å²) in [5.74, 6) is 0. The van der Waals surface area contributed by atoms with Crippen LogP contribution in [0, 0.1) is 0 Å². The van der Waals surface area contributed by atoms with E-state index in [4.69, 9.17) is 0 Å². The van der Waals surface area contributed by atoms with Crippen molar-refractivity contribution in [2.75, 3.05) is 0 Å². The van der Waals surface area contributed by atoms with Gasteiger partial charge in [0.1, 0.15) is 0 Å². The Morgan fingerprint density at radius 2 is 0.709 bits per heavy atom. The molecule has 0 spiro atoms. The van der Waals surface area contributed by atoms with E-state index in [1.54, 1.807) is 0 Å². The number of para-hydroxylation sites is 4. The molecule has 0 aliphatic heterocycles. The van der Waals surface area contributed by atoms with Crippen LogP contribution in [0.2, 0.25) is 0 Å². The van der Waals surface area contributed by atoms with Gasteiger partial charge in [-0.05, 0) is 94.9 Å². The van der Waals surface area contributed by atoms with Gasteiger partial charge in [-0.2, -0.15) is 0 Å². The van der Waals surface area contributed by atoms with E-state index in [-0.39, 0.29) is 5.41 Å². The lowest BCUT2D eigenvalue weighted by atomic mass is 9.86. The molecule has 0 radical (unpaired) electrons. The summed E-state index contributed by atoms with van der Waals surface area (Å²) in [5, 5.41) is 7.58. The molecule has 11 rings (SSSR count). The quantitative estimate of drug-likeness (QED) is 0.173. The Labute approximate surface area is 319 Å². The van der Waals surface area contributed by atoms with E-state index in [9.17, 15) is 0 Å². The van der Waals surface area contributed by atoms with Gasteiger partial charge in [0.25, 0.3) is 0 Å². The molecule has 0 unspecified atom stereocenters. The SMILES string of the molecule is CC(C)(C)c1ccc(-c2ccc(-n3c4ccccc4c4cc(-n5c6ccccc6c6c7c8ccccc8n(-c8ccccc8)c7ccc65)ccc43)cc2)cc1. The minimum atomic E-state index is 0.136. The van der Waals surface area contributed by atoms with Gasteiger partial charge < -0.3 is 13.7 Å². The van der Waals surface area contributed by atoms with Crippen molar-refractivity contribution in [3.05, 3.63) is 188 Å². The molecule has 0 N–H and O–H groups in total. The van der Waals surface area contributed by atoms with Crippen molar-refractivity contribution in [3.63, 3.8) is 0 Å². The van der Waals surface area contributed by atoms with E-state index >= 15 is 0 Å². The predicted molar refractivity (Wildman–Crippen MR) is 234 cm³/mol. The van der Waals surface area contributed by atoms with Crippen LogP contribution in [0.1, 0.15) is 26.3 Å². The van der Waals surface area contributed by atoms with Crippen molar-refractivity contribution in [3.8, 4) is 28.2 Å². The number of rotatable bonds is 4. The van der Waals surface area contributed by atoms with Crippen LogP contribution < -0.4 is 0 Å². The maximum Gasteiger partial charge on any atom is 0.0548 e. The van der Waals surface area contributed by atoms with Gasteiger partial charge in [-0.3, -0.25) is 0 Å². The molecule has 0 aliphatic carbocycles. The van der Waals surface area contributed by atoms with Gasteiger partial charge in [-0.1, -0.05) is 130 Å². The van der Waals surface area contributed by atoms with Crippen molar-refractivity contribution in [2.45, 2.75) is 26.2 Å². The highest BCUT2D eigenvalue weighted by Gasteiger charge is 2.21. The average molecular weight is 706 g/mol. The molecule has 0 saturated carbocycles. The molecule has 0 saturated heterocycles. The lowest BCUT2D eigenvalue weighted by molar-refractivity contribution is 0.590. The van der Waals surface area contributed by atoms with Gasteiger partial charge in [0.15, 0.2) is 0 Å². The van der Waals surface area contributed by atoms with Crippen LogP contribution in [0.3, 0.4) is 0 Å². The molecule has 262 valence electrons. The second-order valence-electron chi connectivity index (χ2n) is 15.8. The maximum atomic E-state index is 2.46. The summed E-state index contributed by atoms with van der Waals surface area (Å²) in [7, 11) is 0. The number of fused-ring (bicyclic) bond motifs is 10. The molecule has 11 aromatic rings. The third-order valence-electron chi connectivity index (χ3n) is 11.6. The van der Waals surface area contributed by atoms with E-state index in [1.807, 2.05) is 0 Å². The fourth-order valence-corrected chi connectivity index (χ4v) is 9.00. The summed E-state index contributed by atoms with van der Waals surface area (Å²) in [4.78, 5) is 0. The van der Waals surface area contributed by atoms with Crippen molar-refractivity contribution in [1.29, 1.82) is 0 Å². The first kappa shape index (κ1) is 31.7. The smallest absolute Gasteiger partial charge is 0.0548 e. The summed E-state index contributed by atoms with van der Waals surface area (Å²) < 4.78 is 7.28. The predicted octanol–water partition coefficient (Wildman–Crippen LogP) is 13.9.